The minimum Gasteiger partial charge on any atom is -0.478 e. The van der Waals surface area contributed by atoms with Crippen molar-refractivity contribution in [3.05, 3.63) is 48.3 Å². The average molecular weight is 212 g/mol. The summed E-state index contributed by atoms with van der Waals surface area (Å²) in [5.41, 5.74) is 1.20. The predicted octanol–water partition coefficient (Wildman–Crippen LogP) is 2.19. The number of carboxylic acids is 1. The summed E-state index contributed by atoms with van der Waals surface area (Å²) in [5.74, 6) is -0.927. The van der Waals surface area contributed by atoms with Gasteiger partial charge in [0.1, 0.15) is 0 Å². The lowest BCUT2D eigenvalue weighted by Gasteiger charge is -2.03. The number of carboxylic acid groups (broad SMARTS) is 1. The second kappa shape index (κ2) is 3.06. The molecule has 0 saturated heterocycles. The lowest BCUT2D eigenvalue weighted by Crippen LogP contribution is -1.99. The van der Waals surface area contributed by atoms with E-state index in [2.05, 4.69) is 5.10 Å². The van der Waals surface area contributed by atoms with Crippen LogP contribution >= 0.6 is 0 Å². The zero-order chi connectivity index (χ0) is 11.1. The first-order valence-corrected chi connectivity index (χ1v) is 4.86. The Morgan fingerprint density at radius 2 is 2.06 bits per heavy atom. The highest BCUT2D eigenvalue weighted by molar-refractivity contribution is 6.07. The van der Waals surface area contributed by atoms with Crippen molar-refractivity contribution in [1.82, 2.24) is 9.61 Å². The van der Waals surface area contributed by atoms with E-state index in [0.29, 0.717) is 5.39 Å². The van der Waals surface area contributed by atoms with Crippen LogP contribution < -0.4 is 0 Å². The van der Waals surface area contributed by atoms with E-state index < -0.39 is 5.97 Å². The Hall–Kier alpha value is -2.36. The maximum atomic E-state index is 11.1. The number of carbonyl (C=O) groups is 1. The van der Waals surface area contributed by atoms with E-state index in [-0.39, 0.29) is 5.56 Å². The van der Waals surface area contributed by atoms with Gasteiger partial charge in [0.05, 0.1) is 17.3 Å². The average Bonchev–Trinajstić information content (AvgIpc) is 2.76. The molecule has 0 fully saturated rings. The van der Waals surface area contributed by atoms with Gasteiger partial charge in [-0.1, -0.05) is 12.1 Å². The number of benzene rings is 1. The molecule has 0 saturated carbocycles. The van der Waals surface area contributed by atoms with E-state index in [1.807, 2.05) is 24.4 Å². The fourth-order valence-electron chi connectivity index (χ4n) is 1.92. The molecule has 0 aliphatic rings. The molecule has 3 aromatic rings. The summed E-state index contributed by atoms with van der Waals surface area (Å²) in [6.45, 7) is 0. The van der Waals surface area contributed by atoms with E-state index in [4.69, 9.17) is 5.11 Å². The molecule has 0 spiro atoms. The highest BCUT2D eigenvalue weighted by Crippen LogP contribution is 2.22. The van der Waals surface area contributed by atoms with Crippen molar-refractivity contribution in [2.45, 2.75) is 0 Å². The van der Waals surface area contributed by atoms with Crippen molar-refractivity contribution < 1.29 is 9.90 Å². The molecule has 2 heterocycles. The number of aromatic nitrogens is 2. The zero-order valence-corrected chi connectivity index (χ0v) is 8.29. The molecule has 4 heteroatoms. The van der Waals surface area contributed by atoms with E-state index in [1.165, 1.54) is 0 Å². The van der Waals surface area contributed by atoms with Gasteiger partial charge in [0.2, 0.25) is 0 Å². The molecule has 2 aromatic heterocycles. The SMILES string of the molecule is O=C(O)c1cccc2c1cnn1cccc21. The quantitative estimate of drug-likeness (QED) is 0.672. The molecular weight excluding hydrogens is 204 g/mol. The zero-order valence-electron chi connectivity index (χ0n) is 8.29. The van der Waals surface area contributed by atoms with Gasteiger partial charge in [-0.05, 0) is 18.2 Å². The van der Waals surface area contributed by atoms with Crippen molar-refractivity contribution in [2.75, 3.05) is 0 Å². The normalized spacial score (nSPS) is 11.0. The van der Waals surface area contributed by atoms with Gasteiger partial charge in [0.15, 0.2) is 0 Å². The minimum absolute atomic E-state index is 0.286. The van der Waals surface area contributed by atoms with Crippen molar-refractivity contribution in [3.8, 4) is 0 Å². The van der Waals surface area contributed by atoms with Gasteiger partial charge in [-0.15, -0.1) is 0 Å². The Morgan fingerprint density at radius 3 is 2.88 bits per heavy atom. The van der Waals surface area contributed by atoms with Crippen LogP contribution in [-0.2, 0) is 0 Å². The predicted molar refractivity (Wildman–Crippen MR) is 59.7 cm³/mol. The molecule has 4 nitrogen and oxygen atoms in total. The summed E-state index contributed by atoms with van der Waals surface area (Å²) in [6.07, 6.45) is 3.42. The topological polar surface area (TPSA) is 54.6 Å². The monoisotopic (exact) mass is 212 g/mol. The van der Waals surface area contributed by atoms with Gasteiger partial charge < -0.3 is 5.11 Å². The third kappa shape index (κ3) is 1.10. The summed E-state index contributed by atoms with van der Waals surface area (Å²) in [5, 5.41) is 14.8. The molecule has 78 valence electrons. The lowest BCUT2D eigenvalue weighted by atomic mass is 10.1. The first-order valence-electron chi connectivity index (χ1n) is 4.86. The first-order chi connectivity index (χ1) is 7.77. The molecule has 1 aromatic carbocycles. The fraction of sp³-hybridized carbons (Fsp3) is 0. The lowest BCUT2D eigenvalue weighted by molar-refractivity contribution is 0.0699. The van der Waals surface area contributed by atoms with E-state index in [1.54, 1.807) is 22.8 Å². The van der Waals surface area contributed by atoms with Crippen LogP contribution in [0.3, 0.4) is 0 Å². The second-order valence-corrected chi connectivity index (χ2v) is 3.55. The van der Waals surface area contributed by atoms with Gasteiger partial charge in [-0.2, -0.15) is 5.10 Å². The molecule has 0 aliphatic carbocycles. The van der Waals surface area contributed by atoms with Crippen LogP contribution in [0.1, 0.15) is 10.4 Å². The van der Waals surface area contributed by atoms with Crippen molar-refractivity contribution in [1.29, 1.82) is 0 Å². The van der Waals surface area contributed by atoms with E-state index in [0.717, 1.165) is 10.9 Å². The molecule has 0 amide bonds. The van der Waals surface area contributed by atoms with Crippen LogP contribution in [0.4, 0.5) is 0 Å². The first kappa shape index (κ1) is 8.91. The van der Waals surface area contributed by atoms with Gasteiger partial charge >= 0.3 is 5.97 Å². The van der Waals surface area contributed by atoms with Crippen LogP contribution in [0.25, 0.3) is 16.3 Å². The smallest absolute Gasteiger partial charge is 0.336 e. The van der Waals surface area contributed by atoms with Gasteiger partial charge in [0.25, 0.3) is 0 Å². The molecule has 0 unspecified atom stereocenters. The largest absolute Gasteiger partial charge is 0.478 e. The van der Waals surface area contributed by atoms with Crippen LogP contribution in [0.5, 0.6) is 0 Å². The number of hydrogen-bond acceptors (Lipinski definition) is 2. The van der Waals surface area contributed by atoms with Crippen LogP contribution in [0.2, 0.25) is 0 Å². The number of rotatable bonds is 1. The summed E-state index contributed by atoms with van der Waals surface area (Å²) < 4.78 is 1.73. The van der Waals surface area contributed by atoms with Gasteiger partial charge in [0, 0.05) is 17.0 Å². The Balaban J connectivity index is 2.53. The van der Waals surface area contributed by atoms with Gasteiger partial charge in [-0.25, -0.2) is 9.31 Å². The standard InChI is InChI=1S/C12H8N2O2/c15-12(16)9-4-1-3-8-10(9)7-13-14-6-2-5-11(8)14/h1-7H,(H,15,16). The van der Waals surface area contributed by atoms with E-state index >= 15 is 0 Å². The highest BCUT2D eigenvalue weighted by atomic mass is 16.4. The van der Waals surface area contributed by atoms with Crippen molar-refractivity contribution >= 4 is 22.3 Å². The molecule has 1 N–H and O–H groups in total. The Morgan fingerprint density at radius 1 is 1.19 bits per heavy atom. The van der Waals surface area contributed by atoms with Crippen molar-refractivity contribution in [2.24, 2.45) is 0 Å². The molecule has 16 heavy (non-hydrogen) atoms. The third-order valence-corrected chi connectivity index (χ3v) is 2.65. The molecule has 0 radical (unpaired) electrons. The van der Waals surface area contributed by atoms with Gasteiger partial charge in [-0.3, -0.25) is 0 Å². The van der Waals surface area contributed by atoms with Crippen molar-refractivity contribution in [3.63, 3.8) is 0 Å². The summed E-state index contributed by atoms with van der Waals surface area (Å²) >= 11 is 0. The molecule has 3 rings (SSSR count). The van der Waals surface area contributed by atoms with Crippen LogP contribution in [-0.4, -0.2) is 20.7 Å². The summed E-state index contributed by atoms with van der Waals surface area (Å²) in [7, 11) is 0. The van der Waals surface area contributed by atoms with Crippen LogP contribution in [0, 0.1) is 0 Å². The Labute approximate surface area is 90.7 Å². The summed E-state index contributed by atoms with van der Waals surface area (Å²) in [6, 6.07) is 9.04. The number of aromatic carboxylic acids is 1. The maximum absolute atomic E-state index is 11.1. The number of hydrogen-bond donors (Lipinski definition) is 1. The minimum atomic E-state index is -0.927. The Kier molecular flexibility index (Phi) is 1.71. The van der Waals surface area contributed by atoms with Crippen LogP contribution in [0.15, 0.2) is 42.7 Å². The molecule has 0 bridgehead atoms. The number of fused-ring (bicyclic) bond motifs is 3. The highest BCUT2D eigenvalue weighted by Gasteiger charge is 2.10. The second-order valence-electron chi connectivity index (χ2n) is 3.55. The maximum Gasteiger partial charge on any atom is 0.336 e. The molecular formula is C12H8N2O2. The van der Waals surface area contributed by atoms with E-state index in [9.17, 15) is 4.79 Å². The fourth-order valence-corrected chi connectivity index (χ4v) is 1.92. The summed E-state index contributed by atoms with van der Waals surface area (Å²) in [4.78, 5) is 11.1. The molecule has 0 atom stereocenters. The number of nitrogens with zero attached hydrogens (tertiary/aromatic N) is 2. The molecule has 0 aliphatic heterocycles. The third-order valence-electron chi connectivity index (χ3n) is 2.65. The Bertz CT molecular complexity index is 700.